The number of urea groups is 1. The van der Waals surface area contributed by atoms with Gasteiger partial charge >= 0.3 is 6.03 Å². The molecule has 1 aliphatic heterocycles. The van der Waals surface area contributed by atoms with Crippen LogP contribution in [0.1, 0.15) is 27.4 Å². The van der Waals surface area contributed by atoms with Crippen molar-refractivity contribution in [3.05, 3.63) is 53.0 Å². The van der Waals surface area contributed by atoms with Crippen LogP contribution >= 0.6 is 0 Å². The number of nitrogens with zero attached hydrogens (tertiary/aromatic N) is 2. The van der Waals surface area contributed by atoms with Gasteiger partial charge in [0.1, 0.15) is 11.5 Å². The van der Waals surface area contributed by atoms with Crippen LogP contribution in [-0.2, 0) is 0 Å². The molecule has 1 aromatic carbocycles. The van der Waals surface area contributed by atoms with Crippen LogP contribution in [-0.4, -0.2) is 47.9 Å². The molecule has 1 N–H and O–H groups in total. The molecule has 0 atom stereocenters. The average molecular weight is 341 g/mol. The fourth-order valence-electron chi connectivity index (χ4n) is 3.03. The second kappa shape index (κ2) is 7.01. The first-order valence-electron chi connectivity index (χ1n) is 8.43. The number of carbonyl (C=O) groups is 2. The van der Waals surface area contributed by atoms with E-state index in [1.165, 1.54) is 0 Å². The molecule has 1 saturated heterocycles. The minimum absolute atomic E-state index is 0.0340. The summed E-state index contributed by atoms with van der Waals surface area (Å²) in [7, 11) is 0. The van der Waals surface area contributed by atoms with E-state index in [1.807, 2.05) is 38.1 Å². The largest absolute Gasteiger partial charge is 0.466 e. The lowest BCUT2D eigenvalue weighted by Crippen LogP contribution is -2.51. The summed E-state index contributed by atoms with van der Waals surface area (Å²) in [6, 6.07) is 9.33. The van der Waals surface area contributed by atoms with Crippen LogP contribution in [0.25, 0.3) is 0 Å². The van der Waals surface area contributed by atoms with Crippen molar-refractivity contribution in [1.29, 1.82) is 0 Å². The molecule has 1 fully saturated rings. The van der Waals surface area contributed by atoms with E-state index in [4.69, 9.17) is 4.42 Å². The van der Waals surface area contributed by atoms with Gasteiger partial charge in [-0.2, -0.15) is 0 Å². The summed E-state index contributed by atoms with van der Waals surface area (Å²) < 4.78 is 5.44. The molecular formula is C19H23N3O3. The highest BCUT2D eigenvalue weighted by Gasteiger charge is 2.26. The zero-order chi connectivity index (χ0) is 18.0. The quantitative estimate of drug-likeness (QED) is 0.912. The van der Waals surface area contributed by atoms with E-state index in [1.54, 1.807) is 22.8 Å². The second-order valence-corrected chi connectivity index (χ2v) is 6.35. The Bertz CT molecular complexity index is 789. The minimum Gasteiger partial charge on any atom is -0.466 e. The van der Waals surface area contributed by atoms with E-state index >= 15 is 0 Å². The number of nitrogens with one attached hydrogen (secondary N) is 1. The number of rotatable bonds is 2. The van der Waals surface area contributed by atoms with Gasteiger partial charge in [-0.15, -0.1) is 0 Å². The van der Waals surface area contributed by atoms with Crippen LogP contribution in [0.2, 0.25) is 0 Å². The molecule has 0 aliphatic carbocycles. The van der Waals surface area contributed by atoms with Crippen molar-refractivity contribution in [3.8, 4) is 0 Å². The van der Waals surface area contributed by atoms with Crippen molar-refractivity contribution >= 4 is 17.6 Å². The zero-order valence-electron chi connectivity index (χ0n) is 14.8. The van der Waals surface area contributed by atoms with Gasteiger partial charge in [-0.25, -0.2) is 4.79 Å². The molecule has 2 aromatic rings. The van der Waals surface area contributed by atoms with Crippen LogP contribution in [0, 0.1) is 20.8 Å². The fraction of sp³-hybridized carbons (Fsp3) is 0.368. The Morgan fingerprint density at radius 1 is 1.00 bits per heavy atom. The molecule has 2 heterocycles. The van der Waals surface area contributed by atoms with E-state index in [0.29, 0.717) is 37.5 Å². The number of benzene rings is 1. The van der Waals surface area contributed by atoms with Crippen molar-refractivity contribution < 1.29 is 14.0 Å². The first-order valence-corrected chi connectivity index (χ1v) is 8.43. The molecule has 1 aliphatic rings. The van der Waals surface area contributed by atoms with Crippen LogP contribution in [0.3, 0.4) is 0 Å². The van der Waals surface area contributed by atoms with Crippen LogP contribution in [0.5, 0.6) is 0 Å². The van der Waals surface area contributed by atoms with Gasteiger partial charge in [0.25, 0.3) is 5.91 Å². The molecule has 3 rings (SSSR count). The van der Waals surface area contributed by atoms with E-state index in [9.17, 15) is 9.59 Å². The van der Waals surface area contributed by atoms with E-state index in [2.05, 4.69) is 5.32 Å². The Balaban J connectivity index is 1.58. The summed E-state index contributed by atoms with van der Waals surface area (Å²) >= 11 is 0. The van der Waals surface area contributed by atoms with Crippen LogP contribution in [0.4, 0.5) is 10.5 Å². The van der Waals surface area contributed by atoms with E-state index < -0.39 is 0 Å². The smallest absolute Gasteiger partial charge is 0.321 e. The summed E-state index contributed by atoms with van der Waals surface area (Å²) in [4.78, 5) is 28.5. The first-order chi connectivity index (χ1) is 12.0. The van der Waals surface area contributed by atoms with Gasteiger partial charge in [-0.1, -0.05) is 18.2 Å². The Labute approximate surface area is 147 Å². The van der Waals surface area contributed by atoms with Crippen molar-refractivity contribution in [2.75, 3.05) is 31.5 Å². The van der Waals surface area contributed by atoms with Gasteiger partial charge in [0, 0.05) is 31.9 Å². The SMILES string of the molecule is Cc1cc(C(=O)N2CCN(C(=O)Nc3ccccc3C)CC2)c(C)o1. The molecular weight excluding hydrogens is 318 g/mol. The number of hydrogen-bond acceptors (Lipinski definition) is 3. The summed E-state index contributed by atoms with van der Waals surface area (Å²) in [5.41, 5.74) is 2.45. The monoisotopic (exact) mass is 341 g/mol. The third-order valence-electron chi connectivity index (χ3n) is 4.51. The minimum atomic E-state index is -0.128. The van der Waals surface area contributed by atoms with Crippen LogP contribution in [0.15, 0.2) is 34.7 Å². The molecule has 0 radical (unpaired) electrons. The van der Waals surface area contributed by atoms with Gasteiger partial charge in [0.05, 0.1) is 5.56 Å². The van der Waals surface area contributed by atoms with Crippen molar-refractivity contribution in [1.82, 2.24) is 9.80 Å². The van der Waals surface area contributed by atoms with Gasteiger partial charge in [0.2, 0.25) is 0 Å². The molecule has 6 heteroatoms. The molecule has 0 saturated carbocycles. The molecule has 25 heavy (non-hydrogen) atoms. The van der Waals surface area contributed by atoms with Crippen molar-refractivity contribution in [2.24, 2.45) is 0 Å². The Kier molecular flexibility index (Phi) is 4.79. The van der Waals surface area contributed by atoms with Gasteiger partial charge in [-0.3, -0.25) is 4.79 Å². The maximum atomic E-state index is 12.6. The van der Waals surface area contributed by atoms with Crippen molar-refractivity contribution in [2.45, 2.75) is 20.8 Å². The van der Waals surface area contributed by atoms with Gasteiger partial charge in [-0.05, 0) is 38.5 Å². The molecule has 132 valence electrons. The summed E-state index contributed by atoms with van der Waals surface area (Å²) in [5.74, 6) is 1.34. The van der Waals surface area contributed by atoms with Gasteiger partial charge in [0.15, 0.2) is 0 Å². The van der Waals surface area contributed by atoms with E-state index in [-0.39, 0.29) is 11.9 Å². The number of piperazine rings is 1. The highest BCUT2D eigenvalue weighted by Crippen LogP contribution is 2.18. The maximum Gasteiger partial charge on any atom is 0.321 e. The van der Waals surface area contributed by atoms with Gasteiger partial charge < -0.3 is 19.5 Å². The maximum absolute atomic E-state index is 12.6. The third kappa shape index (κ3) is 3.68. The number of furan rings is 1. The Morgan fingerprint density at radius 2 is 1.64 bits per heavy atom. The lowest BCUT2D eigenvalue weighted by atomic mass is 10.2. The third-order valence-corrected chi connectivity index (χ3v) is 4.51. The summed E-state index contributed by atoms with van der Waals surface area (Å²) in [5, 5.41) is 2.94. The number of hydrogen-bond donors (Lipinski definition) is 1. The number of amides is 3. The normalized spacial score (nSPS) is 14.5. The number of carbonyl (C=O) groups excluding carboxylic acids is 2. The number of anilines is 1. The number of aryl methyl sites for hydroxylation is 3. The average Bonchev–Trinajstić information content (AvgIpc) is 2.94. The molecule has 0 spiro atoms. The van der Waals surface area contributed by atoms with E-state index in [0.717, 1.165) is 17.0 Å². The zero-order valence-corrected chi connectivity index (χ0v) is 14.8. The second-order valence-electron chi connectivity index (χ2n) is 6.35. The molecule has 0 bridgehead atoms. The highest BCUT2D eigenvalue weighted by atomic mass is 16.3. The predicted molar refractivity (Wildman–Crippen MR) is 95.9 cm³/mol. The van der Waals surface area contributed by atoms with Crippen LogP contribution < -0.4 is 5.32 Å². The lowest BCUT2D eigenvalue weighted by Gasteiger charge is -2.34. The lowest BCUT2D eigenvalue weighted by molar-refractivity contribution is 0.0670. The summed E-state index contributed by atoms with van der Waals surface area (Å²) in [6.07, 6.45) is 0. The number of para-hydroxylation sites is 1. The first kappa shape index (κ1) is 17.1. The predicted octanol–water partition coefficient (Wildman–Crippen LogP) is 3.19. The topological polar surface area (TPSA) is 65.8 Å². The standard InChI is InChI=1S/C19H23N3O3/c1-13-6-4-5-7-17(13)20-19(24)22-10-8-21(9-11-22)18(23)16-12-14(2)25-15(16)3/h4-7,12H,8-11H2,1-3H3,(H,20,24). The molecule has 1 aromatic heterocycles. The molecule has 6 nitrogen and oxygen atoms in total. The highest BCUT2D eigenvalue weighted by molar-refractivity contribution is 5.95. The molecule has 0 unspecified atom stereocenters. The molecule has 3 amide bonds. The van der Waals surface area contributed by atoms with Crippen molar-refractivity contribution in [3.63, 3.8) is 0 Å². The Hall–Kier alpha value is -2.76. The Morgan fingerprint density at radius 3 is 2.24 bits per heavy atom. The fourth-order valence-corrected chi connectivity index (χ4v) is 3.03. The summed E-state index contributed by atoms with van der Waals surface area (Å²) in [6.45, 7) is 7.65.